The maximum atomic E-state index is 11.8. The molecule has 0 aliphatic heterocycles. The van der Waals surface area contributed by atoms with Gasteiger partial charge in [0.15, 0.2) is 0 Å². The number of benzene rings is 2. The van der Waals surface area contributed by atoms with Crippen molar-refractivity contribution in [2.45, 2.75) is 12.8 Å². The quantitative estimate of drug-likeness (QED) is 0.258. The molecule has 0 atom stereocenters. The summed E-state index contributed by atoms with van der Waals surface area (Å²) < 4.78 is 5.21. The summed E-state index contributed by atoms with van der Waals surface area (Å²) in [5, 5.41) is 3.44. The molecule has 0 aliphatic rings. The minimum absolute atomic E-state index is 0.365. The van der Waals surface area contributed by atoms with Crippen molar-refractivity contribution in [3.05, 3.63) is 76.2 Å². The molecule has 0 aliphatic carbocycles. The number of rotatable bonds is 6. The second kappa shape index (κ2) is 7.72. The number of azide groups is 1. The predicted octanol–water partition coefficient (Wildman–Crippen LogP) is 4.42. The number of aryl methyl sites for hydroxylation is 1. The summed E-state index contributed by atoms with van der Waals surface area (Å²) in [6.45, 7) is 0.381. The van der Waals surface area contributed by atoms with Crippen molar-refractivity contribution < 1.29 is 9.53 Å². The molecule has 0 aromatic heterocycles. The molecule has 5 heteroatoms. The molecule has 106 valence electrons. The largest absolute Gasteiger partial charge is 0.462 e. The van der Waals surface area contributed by atoms with Crippen LogP contribution in [0.4, 0.5) is 5.69 Å². The van der Waals surface area contributed by atoms with Crippen LogP contribution in [0.15, 0.2) is 59.7 Å². The smallest absolute Gasteiger partial charge is 0.338 e. The van der Waals surface area contributed by atoms with Gasteiger partial charge in [-0.05, 0) is 36.1 Å². The Kier molecular flexibility index (Phi) is 5.38. The van der Waals surface area contributed by atoms with Crippen LogP contribution < -0.4 is 0 Å². The number of hydrogen-bond acceptors (Lipinski definition) is 3. The second-order valence-corrected chi connectivity index (χ2v) is 4.46. The van der Waals surface area contributed by atoms with Crippen molar-refractivity contribution in [3.8, 4) is 0 Å². The summed E-state index contributed by atoms with van der Waals surface area (Å²) in [5.41, 5.74) is 10.5. The average molecular weight is 281 g/mol. The summed E-state index contributed by atoms with van der Waals surface area (Å²) in [4.78, 5) is 14.5. The topological polar surface area (TPSA) is 75.1 Å². The molecule has 2 rings (SSSR count). The van der Waals surface area contributed by atoms with E-state index in [1.54, 1.807) is 24.3 Å². The van der Waals surface area contributed by atoms with Gasteiger partial charge in [0.1, 0.15) is 0 Å². The second-order valence-electron chi connectivity index (χ2n) is 4.46. The van der Waals surface area contributed by atoms with E-state index >= 15 is 0 Å². The molecule has 0 saturated heterocycles. The highest BCUT2D eigenvalue weighted by molar-refractivity contribution is 5.89. The molecule has 0 radical (unpaired) electrons. The number of esters is 1. The maximum Gasteiger partial charge on any atom is 0.338 e. The summed E-state index contributed by atoms with van der Waals surface area (Å²) >= 11 is 0. The van der Waals surface area contributed by atoms with Crippen LogP contribution in [0.5, 0.6) is 0 Å². The molecule has 0 bridgehead atoms. The van der Waals surface area contributed by atoms with E-state index in [1.165, 1.54) is 5.56 Å². The Balaban J connectivity index is 1.78. The molecule has 0 amide bonds. The number of carbonyl (C=O) groups is 1. The first-order valence-corrected chi connectivity index (χ1v) is 6.66. The van der Waals surface area contributed by atoms with Crippen molar-refractivity contribution in [1.82, 2.24) is 0 Å². The van der Waals surface area contributed by atoms with Gasteiger partial charge in [-0.3, -0.25) is 0 Å². The third kappa shape index (κ3) is 4.67. The van der Waals surface area contributed by atoms with Crippen molar-refractivity contribution in [2.75, 3.05) is 6.61 Å². The van der Waals surface area contributed by atoms with E-state index in [0.29, 0.717) is 17.9 Å². The third-order valence-corrected chi connectivity index (χ3v) is 2.95. The number of nitrogens with zero attached hydrogens (tertiary/aromatic N) is 3. The van der Waals surface area contributed by atoms with Crippen molar-refractivity contribution in [2.24, 2.45) is 5.11 Å². The average Bonchev–Trinajstić information content (AvgIpc) is 2.53. The lowest BCUT2D eigenvalue weighted by Gasteiger charge is -2.05. The lowest BCUT2D eigenvalue weighted by Crippen LogP contribution is -2.06. The van der Waals surface area contributed by atoms with E-state index in [-0.39, 0.29) is 5.97 Å². The SMILES string of the molecule is [N-]=[N+]=Nc1ccc(C(=O)OCCCc2ccccc2)cc1. The molecule has 2 aromatic rings. The summed E-state index contributed by atoms with van der Waals surface area (Å²) in [6.07, 6.45) is 1.66. The molecule has 0 saturated carbocycles. The van der Waals surface area contributed by atoms with Crippen LogP contribution in [0.3, 0.4) is 0 Å². The van der Waals surface area contributed by atoms with Gasteiger partial charge in [-0.25, -0.2) is 4.79 Å². The van der Waals surface area contributed by atoms with Gasteiger partial charge in [-0.1, -0.05) is 47.6 Å². The Bertz CT molecular complexity index is 632. The molecule has 0 fully saturated rings. The van der Waals surface area contributed by atoms with E-state index < -0.39 is 0 Å². The first-order chi connectivity index (χ1) is 10.3. The van der Waals surface area contributed by atoms with Crippen LogP contribution in [-0.2, 0) is 11.2 Å². The number of carbonyl (C=O) groups excluding carboxylic acids is 1. The Morgan fingerprint density at radius 1 is 1.10 bits per heavy atom. The van der Waals surface area contributed by atoms with Crippen molar-refractivity contribution in [3.63, 3.8) is 0 Å². The van der Waals surface area contributed by atoms with Gasteiger partial charge in [-0.15, -0.1) is 0 Å². The van der Waals surface area contributed by atoms with Crippen molar-refractivity contribution in [1.29, 1.82) is 0 Å². The standard InChI is InChI=1S/C16H15N3O2/c17-19-18-15-10-8-14(9-11-15)16(20)21-12-4-7-13-5-2-1-3-6-13/h1-3,5-6,8-11H,4,7,12H2. The number of hydrogen-bond donors (Lipinski definition) is 0. The fourth-order valence-electron chi connectivity index (χ4n) is 1.88. The molecule has 0 unspecified atom stereocenters. The molecule has 0 heterocycles. The van der Waals surface area contributed by atoms with Crippen LogP contribution in [0.1, 0.15) is 22.3 Å². The first-order valence-electron chi connectivity index (χ1n) is 6.66. The Morgan fingerprint density at radius 3 is 2.48 bits per heavy atom. The Morgan fingerprint density at radius 2 is 1.81 bits per heavy atom. The van der Waals surface area contributed by atoms with Gasteiger partial charge < -0.3 is 4.74 Å². The van der Waals surface area contributed by atoms with E-state index in [9.17, 15) is 4.79 Å². The highest BCUT2D eigenvalue weighted by Crippen LogP contribution is 2.14. The van der Waals surface area contributed by atoms with Crippen LogP contribution >= 0.6 is 0 Å². The zero-order valence-corrected chi connectivity index (χ0v) is 11.5. The molecule has 5 nitrogen and oxygen atoms in total. The fourth-order valence-corrected chi connectivity index (χ4v) is 1.88. The molecule has 0 spiro atoms. The van der Waals surface area contributed by atoms with Crippen LogP contribution in [0, 0.1) is 0 Å². The van der Waals surface area contributed by atoms with Gasteiger partial charge in [0, 0.05) is 10.6 Å². The summed E-state index contributed by atoms with van der Waals surface area (Å²) in [6, 6.07) is 16.4. The van der Waals surface area contributed by atoms with Gasteiger partial charge in [0.05, 0.1) is 12.2 Å². The fraction of sp³-hybridized carbons (Fsp3) is 0.188. The Hall–Kier alpha value is -2.78. The molecule has 21 heavy (non-hydrogen) atoms. The normalized spacial score (nSPS) is 9.71. The maximum absolute atomic E-state index is 11.8. The first kappa shape index (κ1) is 14.6. The van der Waals surface area contributed by atoms with Crippen LogP contribution in [0.2, 0.25) is 0 Å². The lowest BCUT2D eigenvalue weighted by atomic mass is 10.1. The van der Waals surface area contributed by atoms with Gasteiger partial charge >= 0.3 is 5.97 Å². The zero-order valence-electron chi connectivity index (χ0n) is 11.5. The summed E-state index contributed by atoms with van der Waals surface area (Å²) in [7, 11) is 0. The number of ether oxygens (including phenoxy) is 1. The molecular weight excluding hydrogens is 266 g/mol. The zero-order chi connectivity index (χ0) is 14.9. The lowest BCUT2D eigenvalue weighted by molar-refractivity contribution is 0.0500. The van der Waals surface area contributed by atoms with Crippen LogP contribution in [-0.4, -0.2) is 12.6 Å². The van der Waals surface area contributed by atoms with Crippen LogP contribution in [0.25, 0.3) is 10.4 Å². The highest BCUT2D eigenvalue weighted by atomic mass is 16.5. The van der Waals surface area contributed by atoms with Gasteiger partial charge in [-0.2, -0.15) is 0 Å². The van der Waals surface area contributed by atoms with Gasteiger partial charge in [0.2, 0.25) is 0 Å². The predicted molar refractivity (Wildman–Crippen MR) is 80.3 cm³/mol. The monoisotopic (exact) mass is 281 g/mol. The Labute approximate surface area is 122 Å². The minimum Gasteiger partial charge on any atom is -0.462 e. The van der Waals surface area contributed by atoms with E-state index in [4.69, 9.17) is 10.3 Å². The summed E-state index contributed by atoms with van der Waals surface area (Å²) in [5.74, 6) is -0.365. The van der Waals surface area contributed by atoms with Crippen molar-refractivity contribution >= 4 is 11.7 Å². The minimum atomic E-state index is -0.365. The van der Waals surface area contributed by atoms with E-state index in [1.807, 2.05) is 18.2 Å². The van der Waals surface area contributed by atoms with E-state index in [2.05, 4.69) is 22.2 Å². The highest BCUT2D eigenvalue weighted by Gasteiger charge is 2.06. The van der Waals surface area contributed by atoms with E-state index in [0.717, 1.165) is 12.8 Å². The molecule has 2 aromatic carbocycles. The molecule has 0 N–H and O–H groups in total. The molecular formula is C16H15N3O2. The van der Waals surface area contributed by atoms with Gasteiger partial charge in [0.25, 0.3) is 0 Å². The third-order valence-electron chi connectivity index (χ3n) is 2.95.